The van der Waals surface area contributed by atoms with E-state index in [1.807, 2.05) is 13.8 Å². The average Bonchev–Trinajstić information content (AvgIpc) is 3.46. The van der Waals surface area contributed by atoms with Crippen LogP contribution in [0.25, 0.3) is 0 Å². The molecule has 5 heteroatoms. The second kappa shape index (κ2) is 7.28. The first-order valence-corrected chi connectivity index (χ1v) is 8.81. The van der Waals surface area contributed by atoms with Crippen molar-refractivity contribution in [3.63, 3.8) is 0 Å². The molecule has 1 aliphatic rings. The Balaban J connectivity index is 1.59. The Bertz CT molecular complexity index is 811. The molecule has 136 valence electrons. The smallest absolute Gasteiger partial charge is 0.251 e. The normalized spacial score (nSPS) is 14.0. The van der Waals surface area contributed by atoms with Crippen LogP contribution in [0.4, 0.5) is 10.1 Å². The molecule has 0 aromatic heterocycles. The highest BCUT2D eigenvalue weighted by atomic mass is 19.1. The number of halogens is 1. The number of benzene rings is 2. The van der Waals surface area contributed by atoms with Crippen molar-refractivity contribution in [1.82, 2.24) is 5.32 Å². The molecule has 3 rings (SSSR count). The summed E-state index contributed by atoms with van der Waals surface area (Å²) in [4.78, 5) is 24.1. The maximum atomic E-state index is 14.0. The van der Waals surface area contributed by atoms with E-state index in [2.05, 4.69) is 10.6 Å². The van der Waals surface area contributed by atoms with Gasteiger partial charge in [-0.3, -0.25) is 9.59 Å². The summed E-state index contributed by atoms with van der Waals surface area (Å²) in [6, 6.07) is 13.4. The Morgan fingerprint density at radius 2 is 1.73 bits per heavy atom. The van der Waals surface area contributed by atoms with Gasteiger partial charge >= 0.3 is 0 Å². The summed E-state index contributed by atoms with van der Waals surface area (Å²) < 4.78 is 14.0. The fourth-order valence-corrected chi connectivity index (χ4v) is 2.80. The highest BCUT2D eigenvalue weighted by Gasteiger charge is 2.29. The fourth-order valence-electron chi connectivity index (χ4n) is 2.80. The van der Waals surface area contributed by atoms with Crippen LogP contribution in [0.3, 0.4) is 0 Å². The summed E-state index contributed by atoms with van der Waals surface area (Å²) in [5.41, 5.74) is 1.22. The van der Waals surface area contributed by atoms with Crippen LogP contribution < -0.4 is 10.6 Å². The summed E-state index contributed by atoms with van der Waals surface area (Å²) in [5, 5.41) is 5.70. The maximum Gasteiger partial charge on any atom is 0.251 e. The minimum absolute atomic E-state index is 0.0360. The van der Waals surface area contributed by atoms with E-state index >= 15 is 0 Å². The van der Waals surface area contributed by atoms with Gasteiger partial charge in [-0.2, -0.15) is 0 Å². The summed E-state index contributed by atoms with van der Waals surface area (Å²) in [5.74, 6) is -0.329. The van der Waals surface area contributed by atoms with Crippen LogP contribution >= 0.6 is 0 Å². The number of hydrogen-bond acceptors (Lipinski definition) is 2. The molecule has 0 heterocycles. The lowest BCUT2D eigenvalue weighted by atomic mass is 9.84. The second-order valence-electron chi connectivity index (χ2n) is 7.39. The molecule has 0 saturated heterocycles. The van der Waals surface area contributed by atoms with Crippen molar-refractivity contribution < 1.29 is 14.0 Å². The van der Waals surface area contributed by atoms with Gasteiger partial charge < -0.3 is 10.6 Å². The predicted octanol–water partition coefficient (Wildman–Crippen LogP) is 3.88. The summed E-state index contributed by atoms with van der Waals surface area (Å²) in [6.07, 6.45) is 1.90. The SMILES string of the molecule is CC(C)(CNC(=O)c1ccc(NC(=O)C2CC2)cc1)c1ccccc1F. The lowest BCUT2D eigenvalue weighted by Gasteiger charge is -2.26. The number of anilines is 1. The van der Waals surface area contributed by atoms with Crippen LogP contribution in [0.15, 0.2) is 48.5 Å². The minimum atomic E-state index is -0.529. The summed E-state index contributed by atoms with van der Waals surface area (Å²) >= 11 is 0. The number of nitrogens with one attached hydrogen (secondary N) is 2. The van der Waals surface area contributed by atoms with Crippen molar-refractivity contribution in [3.05, 3.63) is 65.5 Å². The fraction of sp³-hybridized carbons (Fsp3) is 0.333. The van der Waals surface area contributed by atoms with Gasteiger partial charge in [-0.05, 0) is 48.7 Å². The van der Waals surface area contributed by atoms with Crippen LogP contribution in [0.5, 0.6) is 0 Å². The molecule has 2 aromatic carbocycles. The molecule has 4 nitrogen and oxygen atoms in total. The molecule has 0 atom stereocenters. The van der Waals surface area contributed by atoms with E-state index in [9.17, 15) is 14.0 Å². The lowest BCUT2D eigenvalue weighted by Crippen LogP contribution is -2.37. The molecule has 2 amide bonds. The maximum absolute atomic E-state index is 14.0. The van der Waals surface area contributed by atoms with Gasteiger partial charge in [-0.1, -0.05) is 32.0 Å². The van der Waals surface area contributed by atoms with E-state index in [1.54, 1.807) is 42.5 Å². The topological polar surface area (TPSA) is 58.2 Å². The second-order valence-corrected chi connectivity index (χ2v) is 7.39. The van der Waals surface area contributed by atoms with Crippen LogP contribution in [0.1, 0.15) is 42.6 Å². The molecule has 26 heavy (non-hydrogen) atoms. The third-order valence-electron chi connectivity index (χ3n) is 4.66. The van der Waals surface area contributed by atoms with Crippen molar-refractivity contribution in [2.45, 2.75) is 32.1 Å². The third kappa shape index (κ3) is 4.28. The number of rotatable bonds is 6. The Morgan fingerprint density at radius 1 is 1.08 bits per heavy atom. The quantitative estimate of drug-likeness (QED) is 0.827. The van der Waals surface area contributed by atoms with E-state index < -0.39 is 5.41 Å². The van der Waals surface area contributed by atoms with Gasteiger partial charge in [0.05, 0.1) is 0 Å². The molecular weight excluding hydrogens is 331 g/mol. The van der Waals surface area contributed by atoms with Gasteiger partial charge in [0.2, 0.25) is 5.91 Å². The van der Waals surface area contributed by atoms with E-state index in [4.69, 9.17) is 0 Å². The van der Waals surface area contributed by atoms with Gasteiger partial charge in [-0.15, -0.1) is 0 Å². The first-order valence-electron chi connectivity index (χ1n) is 8.81. The standard InChI is InChI=1S/C21H23FN2O2/c1-21(2,17-5-3-4-6-18(17)22)13-23-19(25)14-9-11-16(12-10-14)24-20(26)15-7-8-15/h3-6,9-12,15H,7-8,13H2,1-2H3,(H,23,25)(H,24,26). The molecular formula is C21H23FN2O2. The highest BCUT2D eigenvalue weighted by Crippen LogP contribution is 2.30. The molecule has 0 unspecified atom stereocenters. The molecule has 0 bridgehead atoms. The lowest BCUT2D eigenvalue weighted by molar-refractivity contribution is -0.117. The van der Waals surface area contributed by atoms with Gasteiger partial charge in [0.1, 0.15) is 5.82 Å². The Morgan fingerprint density at radius 3 is 2.35 bits per heavy atom. The Hall–Kier alpha value is -2.69. The van der Waals surface area contributed by atoms with Gasteiger partial charge in [0, 0.05) is 29.1 Å². The molecule has 0 spiro atoms. The van der Waals surface area contributed by atoms with Crippen molar-refractivity contribution in [3.8, 4) is 0 Å². The first-order chi connectivity index (χ1) is 12.4. The molecule has 2 N–H and O–H groups in total. The van der Waals surface area contributed by atoms with E-state index in [1.165, 1.54) is 6.07 Å². The van der Waals surface area contributed by atoms with Gasteiger partial charge in [-0.25, -0.2) is 4.39 Å². The summed E-state index contributed by atoms with van der Waals surface area (Å²) in [6.45, 7) is 4.09. The Kier molecular flexibility index (Phi) is 5.07. The van der Waals surface area contributed by atoms with E-state index in [-0.39, 0.29) is 23.5 Å². The van der Waals surface area contributed by atoms with Crippen molar-refractivity contribution in [2.24, 2.45) is 5.92 Å². The molecule has 0 radical (unpaired) electrons. The van der Waals surface area contributed by atoms with Crippen molar-refractivity contribution in [1.29, 1.82) is 0 Å². The largest absolute Gasteiger partial charge is 0.351 e. The first kappa shape index (κ1) is 18.1. The van der Waals surface area contributed by atoms with Gasteiger partial charge in [0.15, 0.2) is 0 Å². The predicted molar refractivity (Wildman–Crippen MR) is 99.6 cm³/mol. The van der Waals surface area contributed by atoms with Crippen LogP contribution in [0, 0.1) is 11.7 Å². The zero-order valence-corrected chi connectivity index (χ0v) is 15.0. The van der Waals surface area contributed by atoms with E-state index in [0.717, 1.165) is 12.8 Å². The molecule has 1 aliphatic carbocycles. The van der Waals surface area contributed by atoms with E-state index in [0.29, 0.717) is 23.4 Å². The number of amides is 2. The number of carbonyl (C=O) groups is 2. The Labute approximate surface area is 152 Å². The highest BCUT2D eigenvalue weighted by molar-refractivity contribution is 5.96. The number of hydrogen-bond donors (Lipinski definition) is 2. The summed E-state index contributed by atoms with van der Waals surface area (Å²) in [7, 11) is 0. The zero-order valence-electron chi connectivity index (χ0n) is 15.0. The molecule has 0 aliphatic heterocycles. The average molecular weight is 354 g/mol. The molecule has 2 aromatic rings. The van der Waals surface area contributed by atoms with Gasteiger partial charge in [0.25, 0.3) is 5.91 Å². The van der Waals surface area contributed by atoms with Crippen molar-refractivity contribution >= 4 is 17.5 Å². The minimum Gasteiger partial charge on any atom is -0.351 e. The number of carbonyl (C=O) groups excluding carboxylic acids is 2. The zero-order chi connectivity index (χ0) is 18.7. The third-order valence-corrected chi connectivity index (χ3v) is 4.66. The van der Waals surface area contributed by atoms with Crippen LogP contribution in [-0.2, 0) is 10.2 Å². The van der Waals surface area contributed by atoms with Crippen LogP contribution in [0.2, 0.25) is 0 Å². The monoisotopic (exact) mass is 354 g/mol. The molecule has 1 fully saturated rings. The van der Waals surface area contributed by atoms with Crippen LogP contribution in [-0.4, -0.2) is 18.4 Å². The van der Waals surface area contributed by atoms with Crippen molar-refractivity contribution in [2.75, 3.05) is 11.9 Å². The molecule has 1 saturated carbocycles.